The molecule has 0 amide bonds. The molecule has 0 aliphatic heterocycles. The smallest absolute Gasteiger partial charge is 0.140 e. The Kier molecular flexibility index (Phi) is 7.28. The third-order valence-corrected chi connectivity index (χ3v) is 14.6. The lowest BCUT2D eigenvalue weighted by molar-refractivity contribution is 0.648. The second-order valence-electron chi connectivity index (χ2n) is 17.4. The summed E-state index contributed by atoms with van der Waals surface area (Å²) < 4.78 is 7.31. The van der Waals surface area contributed by atoms with Crippen molar-refractivity contribution in [1.82, 2.24) is 0 Å². The highest BCUT2D eigenvalue weighted by Crippen LogP contribution is 2.65. The first kappa shape index (κ1) is 35.4. The molecule has 11 aromatic rings. The first-order chi connectivity index (χ1) is 31.8. The summed E-state index contributed by atoms with van der Waals surface area (Å²) in [5, 5.41) is 2.20. The Morgan fingerprint density at radius 3 is 1.39 bits per heavy atom. The summed E-state index contributed by atoms with van der Waals surface area (Å²) in [5.74, 6) is 0. The second-order valence-corrected chi connectivity index (χ2v) is 17.4. The van der Waals surface area contributed by atoms with Crippen molar-refractivity contribution >= 4 is 39.0 Å². The van der Waals surface area contributed by atoms with Gasteiger partial charge in [0.25, 0.3) is 0 Å². The lowest BCUT2D eigenvalue weighted by atomic mass is 9.67. The van der Waals surface area contributed by atoms with E-state index < -0.39 is 10.8 Å². The molecule has 10 aromatic carbocycles. The molecule has 0 bridgehead atoms. The molecule has 2 heteroatoms. The van der Waals surface area contributed by atoms with Crippen molar-refractivity contribution in [3.63, 3.8) is 0 Å². The molecule has 0 N–H and O–H groups in total. The van der Waals surface area contributed by atoms with Crippen LogP contribution in [0.15, 0.2) is 241 Å². The minimum Gasteiger partial charge on any atom is -0.456 e. The quantitative estimate of drug-likeness (QED) is 0.172. The highest BCUT2D eigenvalue weighted by molar-refractivity contribution is 6.09. The summed E-state index contributed by atoms with van der Waals surface area (Å²) in [6, 6.07) is 87.2. The van der Waals surface area contributed by atoms with Gasteiger partial charge in [-0.2, -0.15) is 0 Å². The number of fused-ring (bicyclic) bond motifs is 16. The van der Waals surface area contributed by atoms with Crippen molar-refractivity contribution in [1.29, 1.82) is 0 Å². The first-order valence-corrected chi connectivity index (χ1v) is 22.3. The number of hydrogen-bond acceptors (Lipinski definition) is 2. The Labute approximate surface area is 372 Å². The highest BCUT2D eigenvalue weighted by atomic mass is 16.3. The maximum absolute atomic E-state index is 7.31. The maximum Gasteiger partial charge on any atom is 0.140 e. The molecule has 14 rings (SSSR count). The van der Waals surface area contributed by atoms with E-state index in [1.165, 1.54) is 72.3 Å². The molecule has 0 saturated carbocycles. The molecule has 3 aliphatic carbocycles. The van der Waals surface area contributed by atoms with Gasteiger partial charge in [0.1, 0.15) is 11.2 Å². The van der Waals surface area contributed by atoms with Crippen LogP contribution in [-0.4, -0.2) is 0 Å². The van der Waals surface area contributed by atoms with Crippen LogP contribution in [0.25, 0.3) is 55.3 Å². The second kappa shape index (κ2) is 13.2. The third kappa shape index (κ3) is 4.44. The van der Waals surface area contributed by atoms with Gasteiger partial charge in [-0.1, -0.05) is 200 Å². The van der Waals surface area contributed by atoms with Crippen LogP contribution in [0.4, 0.5) is 17.1 Å². The van der Waals surface area contributed by atoms with Gasteiger partial charge < -0.3 is 9.32 Å². The average Bonchev–Trinajstić information content (AvgIpc) is 4.08. The lowest BCUT2D eigenvalue weighted by Crippen LogP contribution is -2.28. The zero-order valence-electron chi connectivity index (χ0n) is 34.9. The summed E-state index contributed by atoms with van der Waals surface area (Å²) in [6.07, 6.45) is 0. The van der Waals surface area contributed by atoms with Crippen molar-refractivity contribution in [3.05, 3.63) is 281 Å². The van der Waals surface area contributed by atoms with Crippen molar-refractivity contribution in [2.75, 3.05) is 4.90 Å². The molecule has 0 unspecified atom stereocenters. The van der Waals surface area contributed by atoms with E-state index >= 15 is 0 Å². The van der Waals surface area contributed by atoms with Crippen LogP contribution in [0.5, 0.6) is 0 Å². The predicted molar refractivity (Wildman–Crippen MR) is 262 cm³/mol. The molecule has 0 radical (unpaired) electrons. The molecule has 298 valence electrons. The third-order valence-electron chi connectivity index (χ3n) is 14.6. The van der Waals surface area contributed by atoms with Crippen LogP contribution in [0.1, 0.15) is 44.5 Å². The van der Waals surface area contributed by atoms with Crippen molar-refractivity contribution < 1.29 is 4.42 Å². The van der Waals surface area contributed by atoms with Gasteiger partial charge in [0, 0.05) is 39.3 Å². The molecule has 0 saturated heterocycles. The minimum absolute atomic E-state index is 0.442. The molecule has 3 aliphatic rings. The van der Waals surface area contributed by atoms with Crippen LogP contribution < -0.4 is 4.90 Å². The Balaban J connectivity index is 1.01. The van der Waals surface area contributed by atoms with Crippen molar-refractivity contribution in [2.45, 2.75) is 10.8 Å². The van der Waals surface area contributed by atoms with Gasteiger partial charge in [0.05, 0.1) is 16.5 Å². The number of para-hydroxylation sites is 2. The fourth-order valence-corrected chi connectivity index (χ4v) is 12.2. The monoisotopic (exact) mass is 813 g/mol. The zero-order valence-corrected chi connectivity index (χ0v) is 34.9. The normalized spacial score (nSPS) is 14.2. The standard InChI is InChI=1S/C62H39NO/c1-3-19-40(20-4-1)61(50-29-12-7-23-43(50)44-24-8-13-30-51(44)61)56-35-17-28-48-47-38-37-42(39-58(47)64-60(48)56)63(41-21-5-2-6-22-41)57-36-18-34-55-59(57)49-27-11-16-33-54(49)62(55)52-31-14-9-25-45(52)46-26-10-15-32-53(46)62/h1-39H. The van der Waals surface area contributed by atoms with Crippen LogP contribution in [0, 0.1) is 0 Å². The Bertz CT molecular complexity index is 3600. The molecular weight excluding hydrogens is 775 g/mol. The van der Waals surface area contributed by atoms with E-state index in [1.807, 2.05) is 0 Å². The van der Waals surface area contributed by atoms with Crippen LogP contribution in [0.2, 0.25) is 0 Å². The number of anilines is 3. The highest BCUT2D eigenvalue weighted by Gasteiger charge is 2.52. The van der Waals surface area contributed by atoms with Gasteiger partial charge in [0.2, 0.25) is 0 Å². The topological polar surface area (TPSA) is 16.4 Å². The molecule has 1 spiro atoms. The first-order valence-electron chi connectivity index (χ1n) is 22.3. The zero-order chi connectivity index (χ0) is 42.0. The predicted octanol–water partition coefficient (Wildman–Crippen LogP) is 15.8. The Morgan fingerprint density at radius 2 is 0.781 bits per heavy atom. The van der Waals surface area contributed by atoms with Crippen LogP contribution in [-0.2, 0) is 10.8 Å². The molecule has 0 atom stereocenters. The summed E-state index contributed by atoms with van der Waals surface area (Å²) in [4.78, 5) is 2.43. The lowest BCUT2D eigenvalue weighted by Gasteiger charge is -2.33. The van der Waals surface area contributed by atoms with E-state index in [-0.39, 0.29) is 0 Å². The van der Waals surface area contributed by atoms with Gasteiger partial charge in [-0.25, -0.2) is 0 Å². The van der Waals surface area contributed by atoms with E-state index in [4.69, 9.17) is 4.42 Å². The molecule has 0 fully saturated rings. The van der Waals surface area contributed by atoms with E-state index in [0.717, 1.165) is 44.6 Å². The summed E-state index contributed by atoms with van der Waals surface area (Å²) in [5.41, 5.74) is 21.9. The Hall–Kier alpha value is -8.20. The fourth-order valence-electron chi connectivity index (χ4n) is 12.2. The molecule has 64 heavy (non-hydrogen) atoms. The molecule has 1 heterocycles. The van der Waals surface area contributed by atoms with Crippen LogP contribution >= 0.6 is 0 Å². The number of nitrogens with zero attached hydrogens (tertiary/aromatic N) is 1. The van der Waals surface area contributed by atoms with Crippen molar-refractivity contribution in [2.24, 2.45) is 0 Å². The molecule has 1 aromatic heterocycles. The van der Waals surface area contributed by atoms with E-state index in [9.17, 15) is 0 Å². The van der Waals surface area contributed by atoms with E-state index in [0.29, 0.717) is 0 Å². The van der Waals surface area contributed by atoms with Gasteiger partial charge in [-0.3, -0.25) is 0 Å². The van der Waals surface area contributed by atoms with Gasteiger partial charge >= 0.3 is 0 Å². The minimum atomic E-state index is -0.577. The van der Waals surface area contributed by atoms with Crippen molar-refractivity contribution in [3.8, 4) is 33.4 Å². The summed E-state index contributed by atoms with van der Waals surface area (Å²) in [7, 11) is 0. The fraction of sp³-hybridized carbons (Fsp3) is 0.0323. The summed E-state index contributed by atoms with van der Waals surface area (Å²) in [6.45, 7) is 0. The molecule has 2 nitrogen and oxygen atoms in total. The number of furan rings is 1. The van der Waals surface area contributed by atoms with E-state index in [1.54, 1.807) is 0 Å². The van der Waals surface area contributed by atoms with Gasteiger partial charge in [-0.05, 0) is 97.1 Å². The number of hydrogen-bond donors (Lipinski definition) is 0. The van der Waals surface area contributed by atoms with Gasteiger partial charge in [-0.15, -0.1) is 0 Å². The van der Waals surface area contributed by atoms with Crippen LogP contribution in [0.3, 0.4) is 0 Å². The van der Waals surface area contributed by atoms with Gasteiger partial charge in [0.15, 0.2) is 0 Å². The van der Waals surface area contributed by atoms with E-state index in [2.05, 4.69) is 241 Å². The number of rotatable bonds is 5. The number of benzene rings is 10. The summed E-state index contributed by atoms with van der Waals surface area (Å²) >= 11 is 0. The Morgan fingerprint density at radius 1 is 0.312 bits per heavy atom. The molecular formula is C62H39NO. The maximum atomic E-state index is 7.31. The SMILES string of the molecule is c1ccc(N(c2ccc3c(c2)oc2c(C4(c5ccccc5)c5ccccc5-c5ccccc54)cccc23)c2cccc3c2-c2ccccc2C32c3ccccc3-c3ccccc32)cc1. The average molecular weight is 814 g/mol. The largest absolute Gasteiger partial charge is 0.456 e.